The molecular formula is C23H17N5O6S. The van der Waals surface area contributed by atoms with Crippen molar-refractivity contribution in [3.8, 4) is 11.8 Å². The number of hydrogen-bond acceptors (Lipinski definition) is 8. The number of hydrogen-bond donors (Lipinski definition) is 3. The second kappa shape index (κ2) is 9.16. The van der Waals surface area contributed by atoms with Gasteiger partial charge in [0, 0.05) is 28.9 Å². The normalized spacial score (nSPS) is 11.0. The number of aromatic amines is 1. The molecule has 0 saturated heterocycles. The molecule has 0 aliphatic heterocycles. The number of nitrogens with one attached hydrogen (secondary N) is 3. The highest BCUT2D eigenvalue weighted by molar-refractivity contribution is 7.90. The molecule has 35 heavy (non-hydrogen) atoms. The molecule has 12 heteroatoms. The molecule has 4 aromatic rings. The molecule has 0 fully saturated rings. The number of carbonyl (C=O) groups is 1. The number of rotatable bonds is 7. The van der Waals surface area contributed by atoms with Crippen LogP contribution in [-0.4, -0.2) is 31.3 Å². The van der Waals surface area contributed by atoms with E-state index in [1.807, 2.05) is 10.8 Å². The Kier molecular flexibility index (Phi) is 6.09. The fourth-order valence-electron chi connectivity index (χ4n) is 3.39. The van der Waals surface area contributed by atoms with Crippen LogP contribution in [-0.2, 0) is 10.0 Å². The second-order valence-electron chi connectivity index (χ2n) is 7.29. The summed E-state index contributed by atoms with van der Waals surface area (Å²) in [5.74, 6) is -0.414. The molecule has 3 N–H and O–H groups in total. The third-order valence-corrected chi connectivity index (χ3v) is 6.43. The average molecular weight is 491 g/mol. The van der Waals surface area contributed by atoms with Crippen LogP contribution in [0.5, 0.6) is 5.75 Å². The van der Waals surface area contributed by atoms with Crippen molar-refractivity contribution in [3.05, 3.63) is 88.1 Å². The molecule has 176 valence electrons. The Morgan fingerprint density at radius 3 is 2.51 bits per heavy atom. The van der Waals surface area contributed by atoms with Crippen molar-refractivity contribution in [2.75, 3.05) is 12.4 Å². The minimum absolute atomic E-state index is 0.0452. The topological polar surface area (TPSA) is 167 Å². The fraction of sp³-hybridized carbons (Fsp3) is 0.0435. The molecule has 0 bridgehead atoms. The highest BCUT2D eigenvalue weighted by Gasteiger charge is 2.23. The van der Waals surface area contributed by atoms with E-state index in [4.69, 9.17) is 10.00 Å². The summed E-state index contributed by atoms with van der Waals surface area (Å²) in [5.41, 5.74) is 0.905. The average Bonchev–Trinajstić information content (AvgIpc) is 3.30. The van der Waals surface area contributed by atoms with Gasteiger partial charge in [-0.15, -0.1) is 0 Å². The second-order valence-corrected chi connectivity index (χ2v) is 8.97. The summed E-state index contributed by atoms with van der Waals surface area (Å²) in [5, 5.41) is 23.8. The van der Waals surface area contributed by atoms with Crippen LogP contribution >= 0.6 is 0 Å². The molecule has 1 heterocycles. The molecule has 0 spiro atoms. The Labute approximate surface area is 199 Å². The van der Waals surface area contributed by atoms with E-state index in [0.717, 1.165) is 0 Å². The predicted molar refractivity (Wildman–Crippen MR) is 127 cm³/mol. The van der Waals surface area contributed by atoms with Gasteiger partial charge in [-0.3, -0.25) is 14.9 Å². The smallest absolute Gasteiger partial charge is 0.293 e. The lowest BCUT2D eigenvalue weighted by atomic mass is 10.1. The van der Waals surface area contributed by atoms with Gasteiger partial charge in [0.15, 0.2) is 0 Å². The largest absolute Gasteiger partial charge is 0.497 e. The van der Waals surface area contributed by atoms with Gasteiger partial charge in [0.1, 0.15) is 17.0 Å². The van der Waals surface area contributed by atoms with Crippen molar-refractivity contribution in [2.24, 2.45) is 0 Å². The third-order valence-electron chi connectivity index (χ3n) is 5.08. The molecule has 0 aliphatic rings. The lowest BCUT2D eigenvalue weighted by Crippen LogP contribution is -2.30. The summed E-state index contributed by atoms with van der Waals surface area (Å²) < 4.78 is 32.4. The first-order valence-electron chi connectivity index (χ1n) is 10.0. The van der Waals surface area contributed by atoms with Crippen molar-refractivity contribution in [2.45, 2.75) is 4.90 Å². The van der Waals surface area contributed by atoms with Crippen LogP contribution in [0, 0.1) is 21.4 Å². The molecule has 3 aromatic carbocycles. The van der Waals surface area contributed by atoms with Crippen molar-refractivity contribution in [3.63, 3.8) is 0 Å². The monoisotopic (exact) mass is 491 g/mol. The van der Waals surface area contributed by atoms with Crippen LogP contribution < -0.4 is 14.8 Å². The number of non-ortho nitro benzene ring substituents is 1. The number of sulfonamides is 1. The van der Waals surface area contributed by atoms with Crippen LogP contribution in [0.4, 0.5) is 17.1 Å². The Morgan fingerprint density at radius 2 is 1.86 bits per heavy atom. The number of methoxy groups -OCH3 is 1. The van der Waals surface area contributed by atoms with Crippen LogP contribution in [0.2, 0.25) is 0 Å². The molecule has 1 amide bonds. The number of nitriles is 1. The summed E-state index contributed by atoms with van der Waals surface area (Å²) in [4.78, 5) is 26.2. The van der Waals surface area contributed by atoms with Gasteiger partial charge in [-0.2, -0.15) is 5.26 Å². The number of aromatic nitrogens is 1. The fourth-order valence-corrected chi connectivity index (χ4v) is 4.36. The van der Waals surface area contributed by atoms with Gasteiger partial charge in [0.05, 0.1) is 28.6 Å². The van der Waals surface area contributed by atoms with E-state index in [0.29, 0.717) is 22.5 Å². The molecule has 0 atom stereocenters. The first-order valence-corrected chi connectivity index (χ1v) is 11.5. The molecule has 1 aromatic heterocycles. The molecular weight excluding hydrogens is 474 g/mol. The van der Waals surface area contributed by atoms with Gasteiger partial charge in [0.25, 0.3) is 21.6 Å². The van der Waals surface area contributed by atoms with Crippen molar-refractivity contribution in [1.82, 2.24) is 9.71 Å². The van der Waals surface area contributed by atoms with Crippen LogP contribution in [0.15, 0.2) is 71.6 Å². The van der Waals surface area contributed by atoms with E-state index in [2.05, 4.69) is 10.3 Å². The molecule has 0 unspecified atom stereocenters. The number of benzene rings is 3. The third kappa shape index (κ3) is 4.75. The van der Waals surface area contributed by atoms with Crippen molar-refractivity contribution in [1.29, 1.82) is 5.26 Å². The maximum Gasteiger partial charge on any atom is 0.293 e. The molecule has 0 radical (unpaired) electrons. The number of H-pyrrole nitrogens is 1. The minimum atomic E-state index is -4.26. The van der Waals surface area contributed by atoms with Crippen LogP contribution in [0.3, 0.4) is 0 Å². The summed E-state index contributed by atoms with van der Waals surface area (Å²) in [7, 11) is -2.74. The van der Waals surface area contributed by atoms with Crippen LogP contribution in [0.1, 0.15) is 16.1 Å². The zero-order valence-corrected chi connectivity index (χ0v) is 18.9. The lowest BCUT2D eigenvalue weighted by molar-refractivity contribution is -0.383. The predicted octanol–water partition coefficient (Wildman–Crippen LogP) is 3.82. The maximum atomic E-state index is 12.8. The highest BCUT2D eigenvalue weighted by atomic mass is 32.2. The van der Waals surface area contributed by atoms with Gasteiger partial charge < -0.3 is 15.0 Å². The number of nitrogens with zero attached hydrogens (tertiary/aromatic N) is 2. The van der Waals surface area contributed by atoms with Gasteiger partial charge in [0.2, 0.25) is 0 Å². The quantitative estimate of drug-likeness (QED) is 0.259. The standard InChI is InChI=1S/C23H17N5O6S/c1-34-16-4-2-3-15(11-16)25-19-9-10-21(28(30)31)22-18(19)12-20(26-22)23(29)27-35(32,33)17-7-5-14(13-24)6-8-17/h2-12,25-26H,1H3,(H,27,29). The van der Waals surface area contributed by atoms with Gasteiger partial charge >= 0.3 is 0 Å². The summed E-state index contributed by atoms with van der Waals surface area (Å²) in [6.07, 6.45) is 0. The van der Waals surface area contributed by atoms with Crippen molar-refractivity contribution < 1.29 is 22.9 Å². The summed E-state index contributed by atoms with van der Waals surface area (Å²) in [6.45, 7) is 0. The summed E-state index contributed by atoms with van der Waals surface area (Å²) >= 11 is 0. The first-order chi connectivity index (χ1) is 16.7. The number of amides is 1. The Balaban J connectivity index is 1.70. The Hall–Kier alpha value is -4.89. The minimum Gasteiger partial charge on any atom is -0.497 e. The molecule has 4 rings (SSSR count). The highest BCUT2D eigenvalue weighted by Crippen LogP contribution is 2.34. The number of ether oxygens (including phenoxy) is 1. The van der Waals surface area contributed by atoms with Gasteiger partial charge in [-0.05, 0) is 48.5 Å². The van der Waals surface area contributed by atoms with E-state index >= 15 is 0 Å². The lowest BCUT2D eigenvalue weighted by Gasteiger charge is -2.09. The summed E-state index contributed by atoms with van der Waals surface area (Å²) in [6, 6.07) is 18.0. The SMILES string of the molecule is COc1cccc(Nc2ccc([N+](=O)[O-])c3[nH]c(C(=O)NS(=O)(=O)c4ccc(C#N)cc4)cc23)c1. The Morgan fingerprint density at radius 1 is 1.11 bits per heavy atom. The van der Waals surface area contributed by atoms with E-state index in [1.165, 1.54) is 49.6 Å². The van der Waals surface area contributed by atoms with E-state index < -0.39 is 20.9 Å². The number of fused-ring (bicyclic) bond motifs is 1. The number of anilines is 2. The van der Waals surface area contributed by atoms with Gasteiger partial charge in [-0.25, -0.2) is 13.1 Å². The van der Waals surface area contributed by atoms with E-state index in [1.54, 1.807) is 24.3 Å². The molecule has 0 aliphatic carbocycles. The number of nitro benzene ring substituents is 1. The first kappa shape index (κ1) is 23.3. The molecule has 0 saturated carbocycles. The number of carbonyl (C=O) groups excluding carboxylic acids is 1. The van der Waals surface area contributed by atoms with E-state index in [-0.39, 0.29) is 27.4 Å². The van der Waals surface area contributed by atoms with Gasteiger partial charge in [-0.1, -0.05) is 6.07 Å². The van der Waals surface area contributed by atoms with Crippen LogP contribution in [0.25, 0.3) is 10.9 Å². The van der Waals surface area contributed by atoms with E-state index in [9.17, 15) is 23.3 Å². The maximum absolute atomic E-state index is 12.8. The zero-order chi connectivity index (χ0) is 25.2. The Bertz CT molecular complexity index is 1600. The molecule has 11 nitrogen and oxygen atoms in total. The van der Waals surface area contributed by atoms with Crippen molar-refractivity contribution >= 4 is 43.9 Å². The number of nitro groups is 1. The zero-order valence-electron chi connectivity index (χ0n) is 18.1.